The van der Waals surface area contributed by atoms with Gasteiger partial charge < -0.3 is 0 Å². The van der Waals surface area contributed by atoms with Crippen LogP contribution >= 0.6 is 0 Å². The van der Waals surface area contributed by atoms with E-state index in [1.54, 1.807) is 0 Å². The second-order valence-electron chi connectivity index (χ2n) is 26.3. The average Bonchev–Trinajstić information content (AvgIpc) is 1.64. The Bertz CT molecular complexity index is 4450. The third-order valence-electron chi connectivity index (χ3n) is 19.8. The molecule has 576 valence electrons. The van der Waals surface area contributed by atoms with Crippen molar-refractivity contribution in [3.05, 3.63) is 346 Å². The molecule has 12 rings (SSSR count). The van der Waals surface area contributed by atoms with Gasteiger partial charge in [0.2, 0.25) is 0 Å². The van der Waals surface area contributed by atoms with Crippen molar-refractivity contribution < 1.29 is 39.4 Å². The normalized spacial score (nSPS) is 20.5. The van der Waals surface area contributed by atoms with Gasteiger partial charge in [0.15, 0.2) is 0 Å². The van der Waals surface area contributed by atoms with E-state index in [1.807, 2.05) is 125 Å². The summed E-state index contributed by atoms with van der Waals surface area (Å²) in [6.07, 6.45) is 26.8. The second-order valence-corrected chi connectivity index (χ2v) is 26.3. The molecule has 0 saturated heterocycles. The van der Waals surface area contributed by atoms with E-state index in [0.29, 0.717) is 0 Å². The van der Waals surface area contributed by atoms with Crippen molar-refractivity contribution in [2.45, 2.75) is 126 Å². The number of hydrogen-bond donors (Lipinski definition) is 4. The fraction of sp³-hybridized carbons (Fsp3) is 0.250. The monoisotopic (exact) mass is 1520 g/mol. The summed E-state index contributed by atoms with van der Waals surface area (Å²) in [6.45, 7) is 7.81. The molecule has 4 N–H and O–H groups in total. The number of nitrogens with one attached hydrogen (secondary N) is 4. The Morgan fingerprint density at radius 2 is 0.464 bits per heavy atom. The Labute approximate surface area is 642 Å². The Balaban J connectivity index is 0.000000171. The summed E-state index contributed by atoms with van der Waals surface area (Å²) < 4.78 is 0. The van der Waals surface area contributed by atoms with E-state index in [4.69, 9.17) is 0 Å². The van der Waals surface area contributed by atoms with Gasteiger partial charge in [-0.2, -0.15) is 20.4 Å². The Hall–Kier alpha value is -14.2. The maximum atomic E-state index is 11.3. The molecule has 4 fully saturated rings. The van der Waals surface area contributed by atoms with Crippen molar-refractivity contribution in [2.75, 3.05) is 21.7 Å². The van der Waals surface area contributed by atoms with E-state index in [2.05, 4.69) is 115 Å². The third kappa shape index (κ3) is 18.8. The van der Waals surface area contributed by atoms with Gasteiger partial charge in [-0.25, -0.2) is 0 Å². The summed E-state index contributed by atoms with van der Waals surface area (Å²) in [5, 5.41) is 107. The number of non-ortho nitro benzene ring substituents is 4. The van der Waals surface area contributed by atoms with Crippen LogP contribution in [0, 0.1) is 80.9 Å². The minimum absolute atomic E-state index is 0.123. The summed E-state index contributed by atoms with van der Waals surface area (Å²) in [5.41, 5.74) is 15.3. The van der Waals surface area contributed by atoms with Crippen LogP contribution in [0.4, 0.5) is 68.2 Å². The molecular weight excluding hydrogens is 1440 g/mol. The first kappa shape index (κ1) is 81.9. The van der Waals surface area contributed by atoms with Crippen LogP contribution in [0.1, 0.15) is 127 Å². The molecule has 0 aromatic heterocycles. The van der Waals surface area contributed by atoms with Crippen LogP contribution in [0.3, 0.4) is 0 Å². The van der Waals surface area contributed by atoms with E-state index in [0.717, 1.165) is 146 Å². The zero-order valence-electron chi connectivity index (χ0n) is 61.5. The zero-order valence-corrected chi connectivity index (χ0v) is 61.5. The number of allylic oxidation sites excluding steroid dienone is 8. The molecule has 112 heavy (non-hydrogen) atoms. The first-order chi connectivity index (χ1) is 53.9. The van der Waals surface area contributed by atoms with Gasteiger partial charge in [-0.05, 0) is 151 Å². The molecule has 8 aromatic rings. The number of nitrogens with zero attached hydrogens (tertiary/aromatic N) is 12. The van der Waals surface area contributed by atoms with Crippen LogP contribution in [-0.2, 0) is 21.7 Å². The first-order valence-electron chi connectivity index (χ1n) is 35.7. The quantitative estimate of drug-likeness (QED) is 0.0248. The Morgan fingerprint density at radius 1 is 0.277 bits per heavy atom. The lowest BCUT2D eigenvalue weighted by Gasteiger charge is -2.27. The van der Waals surface area contributed by atoms with Crippen LogP contribution in [0.5, 0.6) is 0 Å². The van der Waals surface area contributed by atoms with Crippen molar-refractivity contribution in [2.24, 2.45) is 20.4 Å². The maximum Gasteiger partial charge on any atom is 0.301 e. The van der Waals surface area contributed by atoms with Gasteiger partial charge >= 0.3 is 22.7 Å². The molecule has 4 aliphatic rings. The van der Waals surface area contributed by atoms with Crippen molar-refractivity contribution in [1.82, 2.24) is 0 Å². The van der Waals surface area contributed by atoms with Crippen molar-refractivity contribution in [1.29, 1.82) is 0 Å². The molecule has 0 radical (unpaired) electrons. The van der Waals surface area contributed by atoms with Crippen LogP contribution in [0.25, 0.3) is 0 Å². The Morgan fingerprint density at radius 3 is 0.625 bits per heavy atom. The number of nitro benzene ring substituents is 8. The van der Waals surface area contributed by atoms with E-state index in [9.17, 15) is 80.9 Å². The van der Waals surface area contributed by atoms with Crippen LogP contribution < -0.4 is 21.7 Å². The minimum atomic E-state index is -0.661. The van der Waals surface area contributed by atoms with Gasteiger partial charge in [0, 0.05) is 24.3 Å². The van der Waals surface area contributed by atoms with Crippen LogP contribution in [0.15, 0.2) is 263 Å². The van der Waals surface area contributed by atoms with Crippen LogP contribution in [0.2, 0.25) is 0 Å². The molecule has 4 saturated carbocycles. The van der Waals surface area contributed by atoms with E-state index in [1.165, 1.54) is 48.5 Å². The molecule has 0 bridgehead atoms. The van der Waals surface area contributed by atoms with Gasteiger partial charge in [-0.15, -0.1) is 0 Å². The summed E-state index contributed by atoms with van der Waals surface area (Å²) in [4.78, 5) is 83.6. The Kier molecular flexibility index (Phi) is 27.5. The topological polar surface area (TPSA) is 443 Å². The molecule has 4 atom stereocenters. The molecule has 0 aliphatic heterocycles. The highest BCUT2D eigenvalue weighted by molar-refractivity contribution is 6.02. The zero-order chi connectivity index (χ0) is 80.6. The van der Waals surface area contributed by atoms with Gasteiger partial charge in [0.05, 0.1) is 108 Å². The van der Waals surface area contributed by atoms with Crippen molar-refractivity contribution in [3.8, 4) is 0 Å². The first-order valence-corrected chi connectivity index (χ1v) is 35.7. The molecule has 0 spiro atoms. The molecule has 32 nitrogen and oxygen atoms in total. The molecule has 8 aromatic carbocycles. The summed E-state index contributed by atoms with van der Waals surface area (Å²) >= 11 is 0. The SMILES string of the molecule is C/C=C/[C@]1(c2ccccc2)CCC/C1=N\Nc1ccc([N+](=O)[O-])cc1[N+](=O)[O-].C/C=C/[C@]1(c2ccccc2)CCC/C1=N\Nc1ccc([N+](=O)[O-])cc1[N+](=O)[O-].C/C=C/[C@]1(c2ccccc2)CCC/C1=N\Nc1ccc([N+](=O)[O-])cc1[N+](=O)[O-].C/C=C/[C@]1(c2ccccc2)CCC/C1=N\Nc1ccc([N+](=O)[O-])cc1[N+](=O)[O-]. The minimum Gasteiger partial charge on any atom is -0.272 e. The number of benzene rings is 8. The number of nitro groups is 8. The van der Waals surface area contributed by atoms with Gasteiger partial charge in [-0.1, -0.05) is 170 Å². The summed E-state index contributed by atoms with van der Waals surface area (Å²) in [6, 6.07) is 53.9. The summed E-state index contributed by atoms with van der Waals surface area (Å²) in [7, 11) is 0. The highest BCUT2D eigenvalue weighted by atomic mass is 16.7. The van der Waals surface area contributed by atoms with E-state index >= 15 is 0 Å². The second kappa shape index (κ2) is 37.6. The molecular formula is C80H80N16O16. The lowest BCUT2D eigenvalue weighted by atomic mass is 9.77. The largest absolute Gasteiger partial charge is 0.301 e. The highest BCUT2D eigenvalue weighted by Gasteiger charge is 2.43. The molecule has 0 amide bonds. The molecule has 0 heterocycles. The third-order valence-corrected chi connectivity index (χ3v) is 19.8. The summed E-state index contributed by atoms with van der Waals surface area (Å²) in [5.74, 6) is 0. The van der Waals surface area contributed by atoms with Gasteiger partial charge in [0.25, 0.3) is 22.7 Å². The average molecular weight is 1520 g/mol. The van der Waals surface area contributed by atoms with Crippen LogP contribution in [-0.4, -0.2) is 62.2 Å². The fourth-order valence-electron chi connectivity index (χ4n) is 14.7. The van der Waals surface area contributed by atoms with Crippen molar-refractivity contribution >= 4 is 91.1 Å². The predicted molar refractivity (Wildman–Crippen MR) is 430 cm³/mol. The fourth-order valence-corrected chi connectivity index (χ4v) is 14.7. The van der Waals surface area contributed by atoms with Gasteiger partial charge in [0.1, 0.15) is 22.7 Å². The highest BCUT2D eigenvalue weighted by Crippen LogP contribution is 2.46. The number of rotatable bonds is 24. The number of anilines is 4. The number of hydrazone groups is 4. The smallest absolute Gasteiger partial charge is 0.272 e. The molecule has 0 unspecified atom stereocenters. The standard InChI is InChI=1S/4C20H20N4O4/c4*1-2-12-20(15-7-4-3-5-8-15)13-6-9-19(20)22-21-17-11-10-16(23(25)26)14-18(17)24(27)28/h4*2-5,7-8,10-12,14,21H,6,9,13H2,1H3/b4*12-2+,22-19+/t4*20-/m1111/s1. The maximum absolute atomic E-state index is 11.3. The lowest BCUT2D eigenvalue weighted by molar-refractivity contribution is -0.393. The van der Waals surface area contributed by atoms with Gasteiger partial charge in [-0.3, -0.25) is 103 Å². The van der Waals surface area contributed by atoms with Crippen molar-refractivity contribution in [3.63, 3.8) is 0 Å². The van der Waals surface area contributed by atoms with E-state index < -0.39 is 39.4 Å². The number of hydrogen-bond acceptors (Lipinski definition) is 24. The molecule has 4 aliphatic carbocycles. The molecule has 32 heteroatoms. The lowest BCUT2D eigenvalue weighted by Crippen LogP contribution is -2.29. The predicted octanol–water partition coefficient (Wildman–Crippen LogP) is 19.9. The van der Waals surface area contributed by atoms with E-state index in [-0.39, 0.29) is 89.9 Å².